The summed E-state index contributed by atoms with van der Waals surface area (Å²) >= 11 is 0. The molecule has 8 heteroatoms. The van der Waals surface area contributed by atoms with Crippen LogP contribution in [0.25, 0.3) is 6.08 Å². The number of fused-ring (bicyclic) bond motifs is 4. The monoisotopic (exact) mass is 590 g/mol. The number of hydrogen-bond donors (Lipinski definition) is 0. The van der Waals surface area contributed by atoms with Crippen molar-refractivity contribution < 1.29 is 38.0 Å². The fourth-order valence-electron chi connectivity index (χ4n) is 6.02. The Bertz CT molecular complexity index is 1820. The molecule has 0 aromatic heterocycles. The Hall–Kier alpha value is -5.24. The molecule has 0 spiro atoms. The number of esters is 1. The molecule has 4 aromatic carbocycles. The lowest BCUT2D eigenvalue weighted by Gasteiger charge is -2.27. The van der Waals surface area contributed by atoms with Crippen LogP contribution in [0.15, 0.2) is 78.6 Å². The number of methoxy groups -OCH3 is 2. The van der Waals surface area contributed by atoms with Crippen molar-refractivity contribution in [3.8, 4) is 34.5 Å². The largest absolute Gasteiger partial charge is 0.497 e. The molecule has 0 radical (unpaired) electrons. The standard InChI is InChI=1S/C36H30O8/c1-39-24-9-8-22(31(19-24)40-2)18-32-35(38)26-10-12-30-34(36(26)44-32)27(20-33(37)43-30)25-5-3-4-6-29(25)42-15-13-21-7-11-28-23(17-21)14-16-41-28/h3-12,17-19,27H,13-16,20H2,1-2H3/b32-18-/t27-/m0/s1. The van der Waals surface area contributed by atoms with E-state index in [0.29, 0.717) is 52.0 Å². The fraction of sp³-hybridized carbons (Fsp3) is 0.222. The van der Waals surface area contributed by atoms with Gasteiger partial charge in [-0.3, -0.25) is 9.59 Å². The molecule has 3 aliphatic heterocycles. The summed E-state index contributed by atoms with van der Waals surface area (Å²) in [5, 5.41) is 0. The predicted molar refractivity (Wildman–Crippen MR) is 162 cm³/mol. The van der Waals surface area contributed by atoms with Crippen LogP contribution in [0.4, 0.5) is 0 Å². The second-order valence-corrected chi connectivity index (χ2v) is 10.8. The third-order valence-electron chi connectivity index (χ3n) is 8.20. The third kappa shape index (κ3) is 5.02. The number of allylic oxidation sites excluding steroid dienone is 1. The smallest absolute Gasteiger partial charge is 0.312 e. The third-order valence-corrected chi connectivity index (χ3v) is 8.20. The maximum atomic E-state index is 13.5. The summed E-state index contributed by atoms with van der Waals surface area (Å²) in [6.45, 7) is 1.18. The van der Waals surface area contributed by atoms with Crippen molar-refractivity contribution >= 4 is 17.8 Å². The molecule has 0 bridgehead atoms. The first-order valence-corrected chi connectivity index (χ1v) is 14.5. The van der Waals surface area contributed by atoms with Gasteiger partial charge in [-0.05, 0) is 53.6 Å². The average Bonchev–Trinajstić information content (AvgIpc) is 3.64. The van der Waals surface area contributed by atoms with Crippen molar-refractivity contribution in [2.75, 3.05) is 27.4 Å². The SMILES string of the molecule is COc1ccc(/C=C2\Oc3c(ccc4c3[C@H](c3ccccc3OCCc3ccc5c(c3)CCO5)CC(=O)O4)C2=O)c(OC)c1. The molecule has 222 valence electrons. The number of carbonyl (C=O) groups is 2. The summed E-state index contributed by atoms with van der Waals surface area (Å²) < 4.78 is 34.7. The van der Waals surface area contributed by atoms with Crippen molar-refractivity contribution in [3.63, 3.8) is 0 Å². The number of carbonyl (C=O) groups excluding carboxylic acids is 2. The zero-order valence-electron chi connectivity index (χ0n) is 24.4. The molecule has 0 saturated heterocycles. The molecule has 0 saturated carbocycles. The van der Waals surface area contributed by atoms with Crippen LogP contribution >= 0.6 is 0 Å². The molecule has 4 aromatic rings. The average molecular weight is 591 g/mol. The molecule has 0 amide bonds. The van der Waals surface area contributed by atoms with Gasteiger partial charge in [-0.2, -0.15) is 0 Å². The zero-order chi connectivity index (χ0) is 30.2. The van der Waals surface area contributed by atoms with Crippen molar-refractivity contribution in [3.05, 3.63) is 112 Å². The Morgan fingerprint density at radius 3 is 2.61 bits per heavy atom. The molecular weight excluding hydrogens is 560 g/mol. The van der Waals surface area contributed by atoms with E-state index in [-0.39, 0.29) is 23.9 Å². The lowest BCUT2D eigenvalue weighted by molar-refractivity contribution is -0.135. The van der Waals surface area contributed by atoms with Gasteiger partial charge in [-0.15, -0.1) is 0 Å². The quantitative estimate of drug-likeness (QED) is 0.134. The molecule has 0 unspecified atom stereocenters. The number of para-hydroxylation sites is 1. The topological polar surface area (TPSA) is 89.5 Å². The van der Waals surface area contributed by atoms with Gasteiger partial charge in [-0.1, -0.05) is 30.3 Å². The normalized spacial score (nSPS) is 17.2. The number of ketones is 1. The van der Waals surface area contributed by atoms with E-state index in [4.69, 9.17) is 28.4 Å². The lowest BCUT2D eigenvalue weighted by atomic mass is 9.84. The first-order valence-electron chi connectivity index (χ1n) is 14.5. The summed E-state index contributed by atoms with van der Waals surface area (Å²) in [6, 6.07) is 22.6. The maximum absolute atomic E-state index is 13.5. The van der Waals surface area contributed by atoms with Crippen LogP contribution in [-0.2, 0) is 17.6 Å². The minimum Gasteiger partial charge on any atom is -0.497 e. The van der Waals surface area contributed by atoms with Gasteiger partial charge in [0.2, 0.25) is 5.78 Å². The van der Waals surface area contributed by atoms with Gasteiger partial charge in [0, 0.05) is 41.5 Å². The van der Waals surface area contributed by atoms with Crippen LogP contribution in [-0.4, -0.2) is 39.2 Å². The maximum Gasteiger partial charge on any atom is 0.312 e. The first-order chi connectivity index (χ1) is 21.5. The van der Waals surface area contributed by atoms with Gasteiger partial charge in [0.25, 0.3) is 0 Å². The zero-order valence-corrected chi connectivity index (χ0v) is 24.4. The molecular formula is C36H30O8. The molecule has 3 aliphatic rings. The van der Waals surface area contributed by atoms with Crippen LogP contribution < -0.4 is 28.4 Å². The van der Waals surface area contributed by atoms with E-state index in [2.05, 4.69) is 12.1 Å². The molecule has 0 aliphatic carbocycles. The lowest BCUT2D eigenvalue weighted by Crippen LogP contribution is -2.22. The number of hydrogen-bond acceptors (Lipinski definition) is 8. The Balaban J connectivity index is 1.19. The summed E-state index contributed by atoms with van der Waals surface area (Å²) in [6.07, 6.45) is 3.38. The van der Waals surface area contributed by atoms with Crippen LogP contribution in [0.5, 0.6) is 34.5 Å². The molecule has 8 nitrogen and oxygen atoms in total. The van der Waals surface area contributed by atoms with Crippen LogP contribution in [0.3, 0.4) is 0 Å². The Kier molecular flexibility index (Phi) is 7.18. The highest BCUT2D eigenvalue weighted by atomic mass is 16.5. The molecule has 0 N–H and O–H groups in total. The fourth-order valence-corrected chi connectivity index (χ4v) is 6.02. The highest BCUT2D eigenvalue weighted by Crippen LogP contribution is 2.50. The summed E-state index contributed by atoms with van der Waals surface area (Å²) in [7, 11) is 3.13. The molecule has 1 atom stereocenters. The van der Waals surface area contributed by atoms with E-state index in [1.54, 1.807) is 50.6 Å². The van der Waals surface area contributed by atoms with Gasteiger partial charge in [0.15, 0.2) is 5.76 Å². The molecule has 7 rings (SSSR count). The van der Waals surface area contributed by atoms with Gasteiger partial charge in [0.1, 0.15) is 34.5 Å². The number of benzene rings is 4. The van der Waals surface area contributed by atoms with Crippen LogP contribution in [0.1, 0.15) is 50.5 Å². The minimum atomic E-state index is -0.433. The van der Waals surface area contributed by atoms with Gasteiger partial charge in [-0.25, -0.2) is 0 Å². The highest BCUT2D eigenvalue weighted by molar-refractivity contribution is 6.15. The van der Waals surface area contributed by atoms with Gasteiger partial charge in [0.05, 0.1) is 39.4 Å². The van der Waals surface area contributed by atoms with Crippen LogP contribution in [0, 0.1) is 0 Å². The second-order valence-electron chi connectivity index (χ2n) is 10.8. The molecule has 3 heterocycles. The van der Waals surface area contributed by atoms with E-state index in [1.807, 2.05) is 30.3 Å². The Labute approximate surface area is 254 Å². The Morgan fingerprint density at radius 2 is 1.75 bits per heavy atom. The summed E-state index contributed by atoms with van der Waals surface area (Å²) in [4.78, 5) is 26.3. The van der Waals surface area contributed by atoms with Gasteiger partial charge >= 0.3 is 5.97 Å². The summed E-state index contributed by atoms with van der Waals surface area (Å²) in [5.41, 5.74) is 4.94. The minimum absolute atomic E-state index is 0.0809. The molecule has 0 fully saturated rings. The number of rotatable bonds is 8. The van der Waals surface area contributed by atoms with E-state index in [1.165, 1.54) is 11.1 Å². The van der Waals surface area contributed by atoms with E-state index in [9.17, 15) is 9.59 Å². The van der Waals surface area contributed by atoms with E-state index in [0.717, 1.165) is 30.8 Å². The van der Waals surface area contributed by atoms with E-state index < -0.39 is 5.92 Å². The highest BCUT2D eigenvalue weighted by Gasteiger charge is 2.39. The van der Waals surface area contributed by atoms with Crippen LogP contribution in [0.2, 0.25) is 0 Å². The van der Waals surface area contributed by atoms with Crippen molar-refractivity contribution in [2.24, 2.45) is 0 Å². The van der Waals surface area contributed by atoms with Crippen molar-refractivity contribution in [1.29, 1.82) is 0 Å². The van der Waals surface area contributed by atoms with Gasteiger partial charge < -0.3 is 28.4 Å². The number of ether oxygens (including phenoxy) is 6. The molecule has 44 heavy (non-hydrogen) atoms. The predicted octanol–water partition coefficient (Wildman–Crippen LogP) is 6.32. The number of Topliss-reactive ketones (excluding diaryl/α,β-unsaturated/α-hetero) is 1. The van der Waals surface area contributed by atoms with Crippen molar-refractivity contribution in [2.45, 2.75) is 25.2 Å². The van der Waals surface area contributed by atoms with Crippen molar-refractivity contribution in [1.82, 2.24) is 0 Å². The Morgan fingerprint density at radius 1 is 0.886 bits per heavy atom. The summed E-state index contributed by atoms with van der Waals surface area (Å²) in [5.74, 6) is 2.65. The second kappa shape index (κ2) is 11.4. The first kappa shape index (κ1) is 27.6. The van der Waals surface area contributed by atoms with E-state index >= 15 is 0 Å².